The second kappa shape index (κ2) is 12.1. The van der Waals surface area contributed by atoms with Crippen LogP contribution in [0.4, 0.5) is 0 Å². The van der Waals surface area contributed by atoms with Crippen LogP contribution in [-0.2, 0) is 0 Å². The second-order valence-corrected chi connectivity index (χ2v) is 3.34. The summed E-state index contributed by atoms with van der Waals surface area (Å²) in [5, 5.41) is 16.1. The number of hydrogen-bond acceptors (Lipinski definition) is 2. The first-order chi connectivity index (χ1) is 6.46. The molecule has 0 heterocycles. The Morgan fingerprint density at radius 1 is 0.571 bits per heavy atom. The Morgan fingerprint density at radius 3 is 0.714 bits per heavy atom. The lowest BCUT2D eigenvalue weighted by atomic mass is 10.4. The molecule has 1 rings (SSSR count). The lowest BCUT2D eigenvalue weighted by molar-refractivity contribution is 0.215. The maximum absolute atomic E-state index is 8.06. The summed E-state index contributed by atoms with van der Waals surface area (Å²) in [6.07, 6.45) is -0.333. The van der Waals surface area contributed by atoms with E-state index in [4.69, 9.17) is 10.2 Å². The number of benzene rings is 1. The highest BCUT2D eigenvalue weighted by molar-refractivity contribution is 4.99. The van der Waals surface area contributed by atoms with E-state index in [-0.39, 0.29) is 12.2 Å². The van der Waals surface area contributed by atoms with Gasteiger partial charge >= 0.3 is 0 Å². The largest absolute Gasteiger partial charge is 0.394 e. The van der Waals surface area contributed by atoms with E-state index in [2.05, 4.69) is 0 Å². The van der Waals surface area contributed by atoms with Crippen LogP contribution in [0.5, 0.6) is 0 Å². The fourth-order valence-electron chi connectivity index (χ4n) is 0.385. The third-order valence-corrected chi connectivity index (χ3v) is 0.667. The highest BCUT2D eigenvalue weighted by Gasteiger charge is 1.69. The van der Waals surface area contributed by atoms with Crippen LogP contribution in [0.15, 0.2) is 36.4 Å². The number of hydrogen-bond donors (Lipinski definition) is 2. The van der Waals surface area contributed by atoms with Gasteiger partial charge in [-0.1, -0.05) is 36.4 Å². The third-order valence-electron chi connectivity index (χ3n) is 0.667. The molecule has 0 atom stereocenters. The van der Waals surface area contributed by atoms with Crippen LogP contribution >= 0.6 is 0 Å². The number of rotatable bonds is 0. The molecule has 0 aliphatic carbocycles. The summed E-state index contributed by atoms with van der Waals surface area (Å²) in [5.74, 6) is 0. The Kier molecular flexibility index (Phi) is 13.5. The quantitative estimate of drug-likeness (QED) is 0.672. The Morgan fingerprint density at radius 2 is 0.643 bits per heavy atom. The van der Waals surface area contributed by atoms with Gasteiger partial charge in [0.2, 0.25) is 0 Å². The fraction of sp³-hybridized carbons (Fsp3) is 0.500. The standard InChI is InChI=1S/C6H6.2C3H8O/c1-2-4-6-5-3-1;2*1-3(2)4/h1-6H;2*3-4H,1-2H3. The van der Waals surface area contributed by atoms with E-state index >= 15 is 0 Å². The van der Waals surface area contributed by atoms with Crippen molar-refractivity contribution in [2.24, 2.45) is 0 Å². The fourth-order valence-corrected chi connectivity index (χ4v) is 0.385. The van der Waals surface area contributed by atoms with Crippen LogP contribution in [0, 0.1) is 0 Å². The van der Waals surface area contributed by atoms with Crippen LogP contribution in [0.2, 0.25) is 0 Å². The molecule has 0 fully saturated rings. The minimum absolute atomic E-state index is 0.167. The average molecular weight is 198 g/mol. The summed E-state index contributed by atoms with van der Waals surface area (Å²) in [6, 6.07) is 12.0. The molecule has 2 heteroatoms. The van der Waals surface area contributed by atoms with Gasteiger partial charge in [-0.3, -0.25) is 0 Å². The van der Waals surface area contributed by atoms with Gasteiger partial charge in [0, 0.05) is 12.2 Å². The van der Waals surface area contributed by atoms with Crippen LogP contribution in [0.1, 0.15) is 27.7 Å². The van der Waals surface area contributed by atoms with Crippen LogP contribution < -0.4 is 0 Å². The molecule has 0 amide bonds. The second-order valence-electron chi connectivity index (χ2n) is 3.34. The molecule has 0 aliphatic heterocycles. The maximum atomic E-state index is 8.06. The molecule has 0 saturated carbocycles. The van der Waals surface area contributed by atoms with Gasteiger partial charge in [-0.2, -0.15) is 0 Å². The first kappa shape index (κ1) is 15.6. The molecule has 0 aromatic heterocycles. The van der Waals surface area contributed by atoms with Crippen LogP contribution in [-0.4, -0.2) is 22.4 Å². The molecule has 0 aliphatic rings. The van der Waals surface area contributed by atoms with Gasteiger partial charge in [-0.05, 0) is 27.7 Å². The van der Waals surface area contributed by atoms with Gasteiger partial charge in [-0.25, -0.2) is 0 Å². The van der Waals surface area contributed by atoms with Crippen molar-refractivity contribution < 1.29 is 10.2 Å². The first-order valence-corrected chi connectivity index (χ1v) is 4.83. The Labute approximate surface area is 87.2 Å². The minimum atomic E-state index is -0.167. The molecule has 1 aromatic rings. The summed E-state index contributed by atoms with van der Waals surface area (Å²) in [4.78, 5) is 0. The zero-order chi connectivity index (χ0) is 11.4. The molecular formula is C12H22O2. The molecule has 0 saturated heterocycles. The average Bonchev–Trinajstić information content (AvgIpc) is 2.05. The predicted molar refractivity (Wildman–Crippen MR) is 61.2 cm³/mol. The van der Waals surface area contributed by atoms with Gasteiger partial charge in [0.25, 0.3) is 0 Å². The van der Waals surface area contributed by atoms with Gasteiger partial charge in [0.15, 0.2) is 0 Å². The molecule has 2 N–H and O–H groups in total. The van der Waals surface area contributed by atoms with E-state index in [1.54, 1.807) is 27.7 Å². The Balaban J connectivity index is 0. The first-order valence-electron chi connectivity index (χ1n) is 4.83. The zero-order valence-corrected chi connectivity index (χ0v) is 9.51. The van der Waals surface area contributed by atoms with Crippen molar-refractivity contribution in [1.82, 2.24) is 0 Å². The van der Waals surface area contributed by atoms with E-state index in [0.29, 0.717) is 0 Å². The monoisotopic (exact) mass is 198 g/mol. The molecule has 0 radical (unpaired) electrons. The van der Waals surface area contributed by atoms with Gasteiger partial charge in [0.05, 0.1) is 0 Å². The molecule has 0 bridgehead atoms. The highest BCUT2D eigenvalue weighted by atomic mass is 16.3. The van der Waals surface area contributed by atoms with E-state index in [9.17, 15) is 0 Å². The summed E-state index contributed by atoms with van der Waals surface area (Å²) >= 11 is 0. The van der Waals surface area contributed by atoms with E-state index < -0.39 is 0 Å². The summed E-state index contributed by atoms with van der Waals surface area (Å²) in [6.45, 7) is 6.89. The van der Waals surface area contributed by atoms with E-state index in [1.807, 2.05) is 36.4 Å². The van der Waals surface area contributed by atoms with Gasteiger partial charge in [0.1, 0.15) is 0 Å². The van der Waals surface area contributed by atoms with E-state index in [1.165, 1.54) is 0 Å². The molecule has 0 spiro atoms. The third kappa shape index (κ3) is 43.4. The Bertz CT molecular complexity index is 133. The summed E-state index contributed by atoms with van der Waals surface area (Å²) < 4.78 is 0. The smallest absolute Gasteiger partial charge is 0.0483 e. The SMILES string of the molecule is CC(C)O.CC(C)O.c1ccccc1. The number of aliphatic hydroxyl groups excluding tert-OH is 2. The van der Waals surface area contributed by atoms with Crippen molar-refractivity contribution in [3.8, 4) is 0 Å². The molecule has 0 unspecified atom stereocenters. The van der Waals surface area contributed by atoms with Crippen molar-refractivity contribution in [2.45, 2.75) is 39.9 Å². The summed E-state index contributed by atoms with van der Waals surface area (Å²) in [7, 11) is 0. The van der Waals surface area contributed by atoms with Crippen molar-refractivity contribution in [2.75, 3.05) is 0 Å². The molecule has 2 nitrogen and oxygen atoms in total. The number of aliphatic hydroxyl groups is 2. The normalized spacial score (nSPS) is 8.57. The lowest BCUT2D eigenvalue weighted by Gasteiger charge is -1.80. The zero-order valence-electron chi connectivity index (χ0n) is 9.51. The van der Waals surface area contributed by atoms with Crippen molar-refractivity contribution in [1.29, 1.82) is 0 Å². The van der Waals surface area contributed by atoms with Gasteiger partial charge in [-0.15, -0.1) is 0 Å². The van der Waals surface area contributed by atoms with E-state index in [0.717, 1.165) is 0 Å². The molecule has 14 heavy (non-hydrogen) atoms. The van der Waals surface area contributed by atoms with Crippen molar-refractivity contribution in [3.05, 3.63) is 36.4 Å². The highest BCUT2D eigenvalue weighted by Crippen LogP contribution is 1.79. The van der Waals surface area contributed by atoms with Crippen molar-refractivity contribution >= 4 is 0 Å². The summed E-state index contributed by atoms with van der Waals surface area (Å²) in [5.41, 5.74) is 0. The van der Waals surface area contributed by atoms with Crippen molar-refractivity contribution in [3.63, 3.8) is 0 Å². The lowest BCUT2D eigenvalue weighted by Crippen LogP contribution is -1.85. The molecule has 82 valence electrons. The van der Waals surface area contributed by atoms with Crippen LogP contribution in [0.25, 0.3) is 0 Å². The topological polar surface area (TPSA) is 40.5 Å². The maximum Gasteiger partial charge on any atom is 0.0483 e. The van der Waals surface area contributed by atoms with Crippen LogP contribution in [0.3, 0.4) is 0 Å². The molecule has 1 aromatic carbocycles. The minimum Gasteiger partial charge on any atom is -0.394 e. The van der Waals surface area contributed by atoms with Gasteiger partial charge < -0.3 is 10.2 Å². The Hall–Kier alpha value is -0.860. The predicted octanol–water partition coefficient (Wildman–Crippen LogP) is 2.46. The molecular weight excluding hydrogens is 176 g/mol.